The van der Waals surface area contributed by atoms with E-state index in [-0.39, 0.29) is 35.6 Å². The maximum atomic E-state index is 13.3. The van der Waals surface area contributed by atoms with Gasteiger partial charge in [-0.1, -0.05) is 27.7 Å². The molecule has 0 N–H and O–H groups in total. The monoisotopic (exact) mass is 367 g/mol. The van der Waals surface area contributed by atoms with E-state index in [1.54, 1.807) is 24.5 Å². The number of allylic oxidation sites excluding steroid dienone is 1. The van der Waals surface area contributed by atoms with E-state index in [9.17, 15) is 14.4 Å². The third-order valence-electron chi connectivity index (χ3n) is 6.00. The highest BCUT2D eigenvalue weighted by Crippen LogP contribution is 2.57. The lowest BCUT2D eigenvalue weighted by molar-refractivity contribution is -0.160. The summed E-state index contributed by atoms with van der Waals surface area (Å²) in [5.74, 6) is -0.601. The number of rotatable bonds is 1. The second kappa shape index (κ2) is 5.60. The van der Waals surface area contributed by atoms with E-state index in [2.05, 4.69) is 4.98 Å². The summed E-state index contributed by atoms with van der Waals surface area (Å²) in [4.78, 5) is 43.8. The quantitative estimate of drug-likeness (QED) is 0.710. The Morgan fingerprint density at radius 1 is 0.889 bits per heavy atom. The highest BCUT2D eigenvalue weighted by atomic mass is 16.5. The van der Waals surface area contributed by atoms with Gasteiger partial charge in [0.05, 0.1) is 5.92 Å². The number of carbonyl (C=O) groups is 3. The van der Waals surface area contributed by atoms with E-state index in [1.807, 2.05) is 27.7 Å². The Balaban J connectivity index is 1.90. The number of ketones is 3. The summed E-state index contributed by atoms with van der Waals surface area (Å²) in [5, 5.41) is 0. The zero-order valence-corrected chi connectivity index (χ0v) is 16.3. The molecule has 0 saturated heterocycles. The Labute approximate surface area is 159 Å². The minimum atomic E-state index is -1.60. The van der Waals surface area contributed by atoms with Crippen LogP contribution in [-0.4, -0.2) is 27.9 Å². The van der Waals surface area contributed by atoms with Crippen molar-refractivity contribution in [1.29, 1.82) is 0 Å². The van der Waals surface area contributed by atoms with Crippen molar-refractivity contribution in [1.82, 2.24) is 4.98 Å². The van der Waals surface area contributed by atoms with E-state index in [0.29, 0.717) is 24.2 Å². The first-order valence-corrected chi connectivity index (χ1v) is 9.48. The Hall–Kier alpha value is -2.30. The van der Waals surface area contributed by atoms with Gasteiger partial charge in [0.2, 0.25) is 5.60 Å². The predicted molar refractivity (Wildman–Crippen MR) is 98.9 cm³/mol. The van der Waals surface area contributed by atoms with Crippen LogP contribution in [0.25, 0.3) is 0 Å². The molecule has 27 heavy (non-hydrogen) atoms. The van der Waals surface area contributed by atoms with Crippen molar-refractivity contribution in [2.24, 2.45) is 10.8 Å². The van der Waals surface area contributed by atoms with E-state index in [0.717, 1.165) is 5.56 Å². The molecule has 2 heterocycles. The van der Waals surface area contributed by atoms with Crippen molar-refractivity contribution in [2.45, 2.75) is 64.9 Å². The summed E-state index contributed by atoms with van der Waals surface area (Å²) in [7, 11) is 0. The molecule has 1 unspecified atom stereocenters. The number of hydrogen-bond donors (Lipinski definition) is 0. The Morgan fingerprint density at radius 2 is 1.44 bits per heavy atom. The molecule has 3 aliphatic rings. The minimum absolute atomic E-state index is 0.0228. The number of aromatic nitrogens is 1. The van der Waals surface area contributed by atoms with Crippen LogP contribution in [0.4, 0.5) is 0 Å². The van der Waals surface area contributed by atoms with Gasteiger partial charge >= 0.3 is 0 Å². The van der Waals surface area contributed by atoms with Gasteiger partial charge in [0.25, 0.3) is 0 Å². The lowest BCUT2D eigenvalue weighted by atomic mass is 9.62. The molecule has 0 amide bonds. The SMILES string of the molecule is CC1(C)CC(=O)C2(OC3=C(C(=O)CC(C)(C)C3)C2c2ccncc2)C(=O)C1. The number of carbonyl (C=O) groups excluding carboxylic acids is 3. The second-order valence-electron chi connectivity index (χ2n) is 9.69. The molecule has 1 aromatic rings. The summed E-state index contributed by atoms with van der Waals surface area (Å²) in [6, 6.07) is 3.55. The molecule has 1 spiro atoms. The van der Waals surface area contributed by atoms with Crippen molar-refractivity contribution in [3.05, 3.63) is 41.4 Å². The summed E-state index contributed by atoms with van der Waals surface area (Å²) in [5.41, 5.74) is -0.980. The van der Waals surface area contributed by atoms with Crippen LogP contribution in [0.5, 0.6) is 0 Å². The first-order chi connectivity index (χ1) is 12.6. The molecule has 0 radical (unpaired) electrons. The van der Waals surface area contributed by atoms with Crippen molar-refractivity contribution in [2.75, 3.05) is 0 Å². The van der Waals surface area contributed by atoms with Crippen molar-refractivity contribution < 1.29 is 19.1 Å². The molecular weight excluding hydrogens is 342 g/mol. The standard InChI is InChI=1S/C22H25NO4/c1-20(2)9-14(24)18-15(10-20)27-22(19(18)13-5-7-23-8-6-13)16(25)11-21(3,4)12-17(22)26/h5-8,19H,9-12H2,1-4H3. The van der Waals surface area contributed by atoms with Crippen LogP contribution in [0, 0.1) is 10.8 Å². The molecule has 4 rings (SSSR count). The Kier molecular flexibility index (Phi) is 3.75. The van der Waals surface area contributed by atoms with Gasteiger partial charge < -0.3 is 4.74 Å². The van der Waals surface area contributed by atoms with E-state index in [1.165, 1.54) is 0 Å². The smallest absolute Gasteiger partial charge is 0.234 e. The molecule has 1 aromatic heterocycles. The number of pyridine rings is 1. The van der Waals surface area contributed by atoms with Crippen LogP contribution in [0.15, 0.2) is 35.9 Å². The summed E-state index contributed by atoms with van der Waals surface area (Å²) < 4.78 is 6.22. The fourth-order valence-corrected chi connectivity index (χ4v) is 4.89. The van der Waals surface area contributed by atoms with Gasteiger partial charge in [-0.15, -0.1) is 0 Å². The molecule has 5 heteroatoms. The topological polar surface area (TPSA) is 73.3 Å². The molecule has 2 aliphatic carbocycles. The zero-order valence-electron chi connectivity index (χ0n) is 16.3. The highest BCUT2D eigenvalue weighted by molar-refractivity contribution is 6.17. The average molecular weight is 367 g/mol. The van der Waals surface area contributed by atoms with Crippen LogP contribution in [0.2, 0.25) is 0 Å². The molecule has 0 bridgehead atoms. The lowest BCUT2D eigenvalue weighted by Crippen LogP contribution is -2.57. The number of hydrogen-bond acceptors (Lipinski definition) is 5. The molecule has 1 aliphatic heterocycles. The van der Waals surface area contributed by atoms with Gasteiger partial charge in [-0.2, -0.15) is 0 Å². The number of Topliss-reactive ketones (excluding diaryl/α,β-unsaturated/α-hetero) is 3. The minimum Gasteiger partial charge on any atom is -0.474 e. The Morgan fingerprint density at radius 3 is 2.04 bits per heavy atom. The molecule has 0 aromatic carbocycles. The van der Waals surface area contributed by atoms with Crippen molar-refractivity contribution in [3.63, 3.8) is 0 Å². The third-order valence-corrected chi connectivity index (χ3v) is 6.00. The van der Waals surface area contributed by atoms with Gasteiger partial charge in [0.1, 0.15) is 5.76 Å². The molecule has 5 nitrogen and oxygen atoms in total. The Bertz CT molecular complexity index is 859. The molecule has 1 saturated carbocycles. The van der Waals surface area contributed by atoms with Gasteiger partial charge in [0, 0.05) is 43.7 Å². The van der Waals surface area contributed by atoms with Gasteiger partial charge in [0.15, 0.2) is 17.3 Å². The van der Waals surface area contributed by atoms with Gasteiger partial charge in [-0.3, -0.25) is 19.4 Å². The fourth-order valence-electron chi connectivity index (χ4n) is 4.89. The molecular formula is C22H25NO4. The second-order valence-corrected chi connectivity index (χ2v) is 9.69. The predicted octanol–water partition coefficient (Wildman–Crippen LogP) is 3.54. The van der Waals surface area contributed by atoms with Crippen LogP contribution in [-0.2, 0) is 19.1 Å². The maximum absolute atomic E-state index is 13.3. The molecule has 142 valence electrons. The first-order valence-electron chi connectivity index (χ1n) is 9.48. The van der Waals surface area contributed by atoms with Crippen LogP contribution in [0.1, 0.15) is 64.9 Å². The van der Waals surface area contributed by atoms with E-state index in [4.69, 9.17) is 4.74 Å². The van der Waals surface area contributed by atoms with Crippen LogP contribution >= 0.6 is 0 Å². The van der Waals surface area contributed by atoms with Gasteiger partial charge in [-0.25, -0.2) is 0 Å². The fraction of sp³-hybridized carbons (Fsp3) is 0.545. The van der Waals surface area contributed by atoms with Crippen molar-refractivity contribution in [3.8, 4) is 0 Å². The lowest BCUT2D eigenvalue weighted by Gasteiger charge is -2.41. The molecule has 1 fully saturated rings. The summed E-state index contributed by atoms with van der Waals surface area (Å²) in [6.07, 6.45) is 4.72. The van der Waals surface area contributed by atoms with Gasteiger partial charge in [-0.05, 0) is 28.5 Å². The first kappa shape index (κ1) is 18.1. The zero-order chi connectivity index (χ0) is 19.6. The number of nitrogens with zero attached hydrogens (tertiary/aromatic N) is 1. The average Bonchev–Trinajstić information content (AvgIpc) is 2.88. The molecule has 1 atom stereocenters. The van der Waals surface area contributed by atoms with E-state index >= 15 is 0 Å². The van der Waals surface area contributed by atoms with Crippen LogP contribution < -0.4 is 0 Å². The van der Waals surface area contributed by atoms with Crippen LogP contribution in [0.3, 0.4) is 0 Å². The third kappa shape index (κ3) is 2.67. The summed E-state index contributed by atoms with van der Waals surface area (Å²) in [6.45, 7) is 7.87. The normalized spacial score (nSPS) is 28.3. The van der Waals surface area contributed by atoms with E-state index < -0.39 is 16.9 Å². The largest absolute Gasteiger partial charge is 0.474 e. The highest BCUT2D eigenvalue weighted by Gasteiger charge is 2.65. The number of ether oxygens (including phenoxy) is 1. The van der Waals surface area contributed by atoms with Crippen molar-refractivity contribution >= 4 is 17.3 Å². The maximum Gasteiger partial charge on any atom is 0.234 e. The summed E-state index contributed by atoms with van der Waals surface area (Å²) >= 11 is 0.